The number of carboxylic acid groups (broad SMARTS) is 1. The van der Waals surface area contributed by atoms with Crippen LogP contribution in [0.2, 0.25) is 0 Å². The number of carbonyl (C=O) groups is 1. The van der Waals surface area contributed by atoms with Gasteiger partial charge < -0.3 is 14.6 Å². The summed E-state index contributed by atoms with van der Waals surface area (Å²) < 4.78 is 12.9. The van der Waals surface area contributed by atoms with Crippen molar-refractivity contribution in [2.45, 2.75) is 13.8 Å². The van der Waals surface area contributed by atoms with Crippen LogP contribution in [0.5, 0.6) is 5.75 Å². The lowest BCUT2D eigenvalue weighted by Gasteiger charge is -2.37. The first-order valence-corrected chi connectivity index (χ1v) is 8.36. The van der Waals surface area contributed by atoms with E-state index in [1.54, 1.807) is 4.68 Å². The average molecular weight is 353 g/mol. The lowest BCUT2D eigenvalue weighted by Crippen LogP contribution is -2.44. The van der Waals surface area contributed by atoms with Gasteiger partial charge in [0.25, 0.3) is 0 Å². The summed E-state index contributed by atoms with van der Waals surface area (Å²) >= 11 is 0. The minimum atomic E-state index is -1.10. The molecule has 0 amide bonds. The van der Waals surface area contributed by atoms with Crippen LogP contribution < -0.4 is 4.74 Å². The number of nitrogens with zero attached hydrogens (tertiary/aromatic N) is 3. The number of ether oxygens (including phenoxy) is 2. The summed E-state index contributed by atoms with van der Waals surface area (Å²) in [5.41, 5.74) is 1.89. The summed E-state index contributed by atoms with van der Waals surface area (Å²) in [4.78, 5) is 15.9. The summed E-state index contributed by atoms with van der Waals surface area (Å²) in [6.07, 6.45) is 0. The van der Waals surface area contributed by atoms with Gasteiger partial charge in [-0.3, -0.25) is 0 Å². The third-order valence-electron chi connectivity index (χ3n) is 4.47. The third kappa shape index (κ3) is 2.80. The van der Waals surface area contributed by atoms with Crippen molar-refractivity contribution in [2.24, 2.45) is 5.41 Å². The van der Waals surface area contributed by atoms with Gasteiger partial charge in [0.2, 0.25) is 0 Å². The highest BCUT2D eigenvalue weighted by atomic mass is 16.5. The third-order valence-corrected chi connectivity index (χ3v) is 4.47. The Hall–Kier alpha value is -2.93. The molecule has 1 aliphatic rings. The Bertz CT molecular complexity index is 977. The Kier molecular flexibility index (Phi) is 3.88. The fraction of sp³-hybridized carbons (Fsp3) is 0.316. The van der Waals surface area contributed by atoms with E-state index in [1.165, 1.54) is 6.07 Å². The molecule has 1 aromatic carbocycles. The molecule has 3 aromatic rings. The molecule has 1 N–H and O–H groups in total. The molecule has 134 valence electrons. The maximum atomic E-state index is 11.6. The van der Waals surface area contributed by atoms with Gasteiger partial charge in [-0.05, 0) is 19.1 Å². The highest BCUT2D eigenvalue weighted by molar-refractivity contribution is 5.93. The minimum absolute atomic E-state index is 0.0533. The van der Waals surface area contributed by atoms with Crippen LogP contribution in [0, 0.1) is 12.3 Å². The lowest BCUT2D eigenvalue weighted by molar-refractivity contribution is -0.120. The van der Waals surface area contributed by atoms with Crippen LogP contribution in [0.3, 0.4) is 0 Å². The summed E-state index contributed by atoms with van der Waals surface area (Å²) in [5.74, 6) is -0.617. The van der Waals surface area contributed by atoms with Crippen LogP contribution in [-0.4, -0.2) is 45.7 Å². The molecule has 0 saturated carbocycles. The van der Waals surface area contributed by atoms with Crippen molar-refractivity contribution in [1.82, 2.24) is 14.8 Å². The molecule has 3 heterocycles. The van der Waals surface area contributed by atoms with Crippen molar-refractivity contribution in [2.75, 3.05) is 19.8 Å². The highest BCUT2D eigenvalue weighted by Gasteiger charge is 2.34. The second-order valence-electron chi connectivity index (χ2n) is 6.93. The van der Waals surface area contributed by atoms with Crippen LogP contribution in [-0.2, 0) is 4.74 Å². The Morgan fingerprint density at radius 3 is 2.69 bits per heavy atom. The van der Waals surface area contributed by atoms with E-state index < -0.39 is 5.97 Å². The zero-order chi connectivity index (χ0) is 18.3. The number of hydrogen-bond donors (Lipinski definition) is 1. The SMILES string of the molecule is Cc1nn(-c2ccccc2)c2nc(C(=O)O)cc(OCC3(C)COC3)c12. The first kappa shape index (κ1) is 16.5. The first-order chi connectivity index (χ1) is 12.5. The fourth-order valence-electron chi connectivity index (χ4n) is 3.01. The molecule has 0 spiro atoms. The largest absolute Gasteiger partial charge is 0.492 e. The number of aryl methyl sites for hydroxylation is 1. The van der Waals surface area contributed by atoms with E-state index in [-0.39, 0.29) is 11.1 Å². The van der Waals surface area contributed by atoms with E-state index in [0.717, 1.165) is 16.8 Å². The van der Waals surface area contributed by atoms with E-state index in [0.29, 0.717) is 31.2 Å². The summed E-state index contributed by atoms with van der Waals surface area (Å²) in [7, 11) is 0. The summed E-state index contributed by atoms with van der Waals surface area (Å²) in [5, 5.41) is 14.7. The monoisotopic (exact) mass is 353 g/mol. The van der Waals surface area contributed by atoms with Crippen molar-refractivity contribution < 1.29 is 19.4 Å². The van der Waals surface area contributed by atoms with E-state index in [9.17, 15) is 9.90 Å². The smallest absolute Gasteiger partial charge is 0.354 e. The molecule has 7 nitrogen and oxygen atoms in total. The molecule has 1 saturated heterocycles. The maximum Gasteiger partial charge on any atom is 0.354 e. The van der Waals surface area contributed by atoms with Gasteiger partial charge in [-0.25, -0.2) is 14.5 Å². The number of rotatable bonds is 5. The van der Waals surface area contributed by atoms with E-state index in [4.69, 9.17) is 9.47 Å². The topological polar surface area (TPSA) is 86.5 Å². The number of carboxylic acids is 1. The number of hydrogen-bond acceptors (Lipinski definition) is 5. The van der Waals surface area contributed by atoms with Crippen LogP contribution in [0.1, 0.15) is 23.1 Å². The lowest BCUT2D eigenvalue weighted by atomic mass is 9.90. The van der Waals surface area contributed by atoms with Crippen LogP contribution >= 0.6 is 0 Å². The summed E-state index contributed by atoms with van der Waals surface area (Å²) in [6, 6.07) is 11.0. The molecule has 1 aliphatic heterocycles. The molecule has 0 atom stereocenters. The van der Waals surface area contributed by atoms with Gasteiger partial charge in [-0.1, -0.05) is 25.1 Å². The first-order valence-electron chi connectivity index (χ1n) is 8.36. The quantitative estimate of drug-likeness (QED) is 0.759. The fourth-order valence-corrected chi connectivity index (χ4v) is 3.01. The van der Waals surface area contributed by atoms with E-state index in [2.05, 4.69) is 17.0 Å². The Morgan fingerprint density at radius 2 is 2.08 bits per heavy atom. The van der Waals surface area contributed by atoms with Crippen molar-refractivity contribution in [1.29, 1.82) is 0 Å². The number of pyridine rings is 1. The van der Waals surface area contributed by atoms with Gasteiger partial charge in [0.1, 0.15) is 5.75 Å². The molecule has 0 radical (unpaired) electrons. The van der Waals surface area contributed by atoms with E-state index in [1.807, 2.05) is 37.3 Å². The molecular weight excluding hydrogens is 334 g/mol. The van der Waals surface area contributed by atoms with Gasteiger partial charge in [-0.2, -0.15) is 5.10 Å². The number of para-hydroxylation sites is 1. The zero-order valence-corrected chi connectivity index (χ0v) is 14.6. The second kappa shape index (κ2) is 6.10. The van der Waals surface area contributed by atoms with Gasteiger partial charge in [-0.15, -0.1) is 0 Å². The molecule has 7 heteroatoms. The number of aromatic carboxylic acids is 1. The highest BCUT2D eigenvalue weighted by Crippen LogP contribution is 2.33. The van der Waals surface area contributed by atoms with Gasteiger partial charge in [0.05, 0.1) is 36.6 Å². The van der Waals surface area contributed by atoms with E-state index >= 15 is 0 Å². The number of benzene rings is 1. The summed E-state index contributed by atoms with van der Waals surface area (Å²) in [6.45, 7) is 5.66. The van der Waals surface area contributed by atoms with Crippen LogP contribution in [0.15, 0.2) is 36.4 Å². The predicted octanol–water partition coefficient (Wildman–Crippen LogP) is 2.84. The second-order valence-corrected chi connectivity index (χ2v) is 6.93. The molecule has 4 rings (SSSR count). The van der Waals surface area contributed by atoms with Crippen molar-refractivity contribution in [3.05, 3.63) is 47.8 Å². The van der Waals surface area contributed by atoms with Gasteiger partial charge in [0.15, 0.2) is 11.3 Å². The van der Waals surface area contributed by atoms with Crippen molar-refractivity contribution >= 4 is 17.0 Å². The number of aromatic nitrogens is 3. The zero-order valence-electron chi connectivity index (χ0n) is 14.6. The maximum absolute atomic E-state index is 11.6. The number of fused-ring (bicyclic) bond motifs is 1. The van der Waals surface area contributed by atoms with Crippen LogP contribution in [0.25, 0.3) is 16.7 Å². The average Bonchev–Trinajstić information content (AvgIpc) is 2.95. The Morgan fingerprint density at radius 1 is 1.35 bits per heavy atom. The standard InChI is InChI=1S/C19H19N3O4/c1-12-16-15(26-11-19(2)9-25-10-19)8-14(18(23)24)20-17(16)22(21-12)13-6-4-3-5-7-13/h3-8H,9-11H2,1-2H3,(H,23,24). The molecule has 26 heavy (non-hydrogen) atoms. The Labute approximate surface area is 150 Å². The Balaban J connectivity index is 1.85. The van der Waals surface area contributed by atoms with Gasteiger partial charge in [0, 0.05) is 11.5 Å². The van der Waals surface area contributed by atoms with Crippen molar-refractivity contribution in [3.63, 3.8) is 0 Å². The van der Waals surface area contributed by atoms with Crippen LogP contribution in [0.4, 0.5) is 0 Å². The minimum Gasteiger partial charge on any atom is -0.492 e. The molecule has 1 fully saturated rings. The van der Waals surface area contributed by atoms with Gasteiger partial charge >= 0.3 is 5.97 Å². The molecule has 0 aliphatic carbocycles. The predicted molar refractivity (Wildman–Crippen MR) is 95.0 cm³/mol. The molecule has 0 unspecified atom stereocenters. The normalized spacial score (nSPS) is 15.6. The van der Waals surface area contributed by atoms with Crippen molar-refractivity contribution in [3.8, 4) is 11.4 Å². The molecular formula is C19H19N3O4. The molecule has 2 aromatic heterocycles. The molecule has 0 bridgehead atoms.